The van der Waals surface area contributed by atoms with Crippen molar-refractivity contribution in [3.63, 3.8) is 0 Å². The molecule has 0 aliphatic rings. The number of nitrogens with zero attached hydrogens (tertiary/aromatic N) is 3. The van der Waals surface area contributed by atoms with Crippen LogP contribution in [0.15, 0.2) is 18.3 Å². The summed E-state index contributed by atoms with van der Waals surface area (Å²) in [4.78, 5) is 8.79. The van der Waals surface area contributed by atoms with Crippen molar-refractivity contribution in [3.05, 3.63) is 24.2 Å². The number of rotatable bonds is 6. The third-order valence-electron chi connectivity index (χ3n) is 2.77. The maximum atomic E-state index is 5.92. The highest BCUT2D eigenvalue weighted by atomic mass is 35.5. The molecule has 2 aromatic heterocycles. The lowest BCUT2D eigenvalue weighted by Gasteiger charge is -2.16. The molecule has 0 spiro atoms. The van der Waals surface area contributed by atoms with Crippen LogP contribution in [0.2, 0.25) is 0 Å². The third kappa shape index (κ3) is 2.63. The molecule has 1 unspecified atom stereocenters. The second kappa shape index (κ2) is 6.13. The summed E-state index contributed by atoms with van der Waals surface area (Å²) in [5.74, 6) is 1.14. The number of imidazole rings is 1. The number of pyridine rings is 1. The molecule has 0 N–H and O–H groups in total. The zero-order valence-corrected chi connectivity index (χ0v) is 11.2. The van der Waals surface area contributed by atoms with E-state index < -0.39 is 0 Å². The maximum Gasteiger partial charge on any atom is 0.160 e. The van der Waals surface area contributed by atoms with Crippen molar-refractivity contribution in [2.45, 2.75) is 18.5 Å². The summed E-state index contributed by atoms with van der Waals surface area (Å²) in [6, 6.07) is 3.79. The van der Waals surface area contributed by atoms with Crippen LogP contribution in [-0.2, 0) is 21.9 Å². The minimum absolute atomic E-state index is 0.0450. The average Bonchev–Trinajstić information content (AvgIpc) is 2.76. The number of hydrogen-bond acceptors (Lipinski definition) is 4. The Balaban J connectivity index is 2.35. The van der Waals surface area contributed by atoms with Crippen LogP contribution in [0, 0.1) is 0 Å². The van der Waals surface area contributed by atoms with Gasteiger partial charge >= 0.3 is 0 Å². The first-order chi connectivity index (χ1) is 8.80. The van der Waals surface area contributed by atoms with E-state index in [1.807, 2.05) is 16.7 Å². The van der Waals surface area contributed by atoms with Crippen LogP contribution in [0.1, 0.15) is 5.82 Å². The summed E-state index contributed by atoms with van der Waals surface area (Å²) in [7, 11) is 3.31. The monoisotopic (exact) mass is 269 g/mol. The highest BCUT2D eigenvalue weighted by Gasteiger charge is 2.15. The Morgan fingerprint density at radius 1 is 1.44 bits per heavy atom. The van der Waals surface area contributed by atoms with Crippen molar-refractivity contribution >= 4 is 22.8 Å². The summed E-state index contributed by atoms with van der Waals surface area (Å²) in [6.45, 7) is 1.14. The largest absolute Gasteiger partial charge is 0.382 e. The van der Waals surface area contributed by atoms with Gasteiger partial charge in [0.25, 0.3) is 0 Å². The molecular formula is C12H16ClN3O2. The maximum absolute atomic E-state index is 5.92. The predicted octanol–water partition coefficient (Wildman–Crippen LogP) is 1.83. The normalized spacial score (nSPS) is 13.1. The smallest absolute Gasteiger partial charge is 0.160 e. The fraction of sp³-hybridized carbons (Fsp3) is 0.500. The zero-order chi connectivity index (χ0) is 13.0. The van der Waals surface area contributed by atoms with Gasteiger partial charge in [0.2, 0.25) is 0 Å². The van der Waals surface area contributed by atoms with Crippen molar-refractivity contribution in [2.24, 2.45) is 0 Å². The van der Waals surface area contributed by atoms with Crippen molar-refractivity contribution in [2.75, 3.05) is 20.8 Å². The van der Waals surface area contributed by atoms with Crippen molar-refractivity contribution < 1.29 is 9.47 Å². The molecule has 0 bridgehead atoms. The van der Waals surface area contributed by atoms with E-state index in [0.717, 1.165) is 17.0 Å². The molecule has 0 amide bonds. The Labute approximate surface area is 111 Å². The van der Waals surface area contributed by atoms with E-state index in [1.54, 1.807) is 20.4 Å². The fourth-order valence-electron chi connectivity index (χ4n) is 1.88. The fourth-order valence-corrected chi connectivity index (χ4v) is 2.09. The molecule has 0 radical (unpaired) electrons. The summed E-state index contributed by atoms with van der Waals surface area (Å²) in [5.41, 5.74) is 1.67. The van der Waals surface area contributed by atoms with E-state index in [4.69, 9.17) is 21.1 Å². The predicted molar refractivity (Wildman–Crippen MR) is 69.8 cm³/mol. The van der Waals surface area contributed by atoms with Crippen LogP contribution in [0.4, 0.5) is 0 Å². The Hall–Kier alpha value is -1.17. The number of fused-ring (bicyclic) bond motifs is 1. The Morgan fingerprint density at radius 3 is 2.94 bits per heavy atom. The van der Waals surface area contributed by atoms with Gasteiger partial charge in [0.1, 0.15) is 11.3 Å². The number of methoxy groups -OCH3 is 2. The highest BCUT2D eigenvalue weighted by Crippen LogP contribution is 2.16. The lowest BCUT2D eigenvalue weighted by atomic mass is 10.3. The first-order valence-electron chi connectivity index (χ1n) is 5.68. The van der Waals surface area contributed by atoms with Gasteiger partial charge in [0.15, 0.2) is 5.65 Å². The van der Waals surface area contributed by atoms with Crippen LogP contribution in [0.25, 0.3) is 11.2 Å². The van der Waals surface area contributed by atoms with E-state index in [-0.39, 0.29) is 6.10 Å². The number of halogens is 1. The van der Waals surface area contributed by atoms with Gasteiger partial charge in [-0.25, -0.2) is 9.97 Å². The van der Waals surface area contributed by atoms with Crippen LogP contribution in [0.3, 0.4) is 0 Å². The lowest BCUT2D eigenvalue weighted by molar-refractivity contribution is 0.0185. The zero-order valence-electron chi connectivity index (χ0n) is 10.5. The van der Waals surface area contributed by atoms with Crippen molar-refractivity contribution in [3.8, 4) is 0 Å². The first-order valence-corrected chi connectivity index (χ1v) is 6.21. The van der Waals surface area contributed by atoms with Gasteiger partial charge in [-0.15, -0.1) is 11.6 Å². The molecule has 0 fully saturated rings. The van der Waals surface area contributed by atoms with Gasteiger partial charge in [-0.1, -0.05) is 0 Å². The molecule has 5 nitrogen and oxygen atoms in total. The van der Waals surface area contributed by atoms with Gasteiger partial charge in [0.05, 0.1) is 25.1 Å². The molecule has 18 heavy (non-hydrogen) atoms. The molecule has 0 saturated carbocycles. The lowest BCUT2D eigenvalue weighted by Crippen LogP contribution is -2.24. The molecule has 98 valence electrons. The van der Waals surface area contributed by atoms with Gasteiger partial charge in [-0.05, 0) is 12.1 Å². The van der Waals surface area contributed by atoms with Gasteiger partial charge in [0, 0.05) is 20.4 Å². The van der Waals surface area contributed by atoms with E-state index in [0.29, 0.717) is 19.0 Å². The SMILES string of the molecule is COCC(Cn1c(CCl)nc2cccnc21)OC. The molecule has 1 atom stereocenters. The molecule has 0 aliphatic heterocycles. The van der Waals surface area contributed by atoms with E-state index >= 15 is 0 Å². The summed E-state index contributed by atoms with van der Waals surface area (Å²) >= 11 is 5.92. The van der Waals surface area contributed by atoms with E-state index in [9.17, 15) is 0 Å². The van der Waals surface area contributed by atoms with Crippen molar-refractivity contribution in [1.82, 2.24) is 14.5 Å². The standard InChI is InChI=1S/C12H16ClN3O2/c1-17-8-9(18-2)7-16-11(6-13)15-10-4-3-5-14-12(10)16/h3-5,9H,6-8H2,1-2H3. The van der Waals surface area contributed by atoms with Crippen LogP contribution in [0.5, 0.6) is 0 Å². The average molecular weight is 270 g/mol. The summed E-state index contributed by atoms with van der Waals surface area (Å²) < 4.78 is 12.5. The topological polar surface area (TPSA) is 49.2 Å². The number of ether oxygens (including phenoxy) is 2. The number of alkyl halides is 1. The molecule has 2 aromatic rings. The second-order valence-corrected chi connectivity index (χ2v) is 4.20. The summed E-state index contributed by atoms with van der Waals surface area (Å²) in [6.07, 6.45) is 1.70. The third-order valence-corrected chi connectivity index (χ3v) is 3.01. The number of hydrogen-bond donors (Lipinski definition) is 0. The molecule has 2 heterocycles. The molecule has 0 aliphatic carbocycles. The molecule has 6 heteroatoms. The quantitative estimate of drug-likeness (QED) is 0.751. The van der Waals surface area contributed by atoms with Crippen molar-refractivity contribution in [1.29, 1.82) is 0 Å². The Bertz CT molecular complexity index is 515. The van der Waals surface area contributed by atoms with Gasteiger partial charge < -0.3 is 14.0 Å². The second-order valence-electron chi connectivity index (χ2n) is 3.93. The Morgan fingerprint density at radius 2 is 2.28 bits per heavy atom. The number of aromatic nitrogens is 3. The highest BCUT2D eigenvalue weighted by molar-refractivity contribution is 6.16. The van der Waals surface area contributed by atoms with Gasteiger partial charge in [-0.3, -0.25) is 0 Å². The first kappa shape index (κ1) is 13.3. The Kier molecular flexibility index (Phi) is 4.52. The molecule has 0 aromatic carbocycles. The molecular weight excluding hydrogens is 254 g/mol. The van der Waals surface area contributed by atoms with Gasteiger partial charge in [-0.2, -0.15) is 0 Å². The minimum atomic E-state index is -0.0450. The molecule has 2 rings (SSSR count). The van der Waals surface area contributed by atoms with Crippen LogP contribution < -0.4 is 0 Å². The summed E-state index contributed by atoms with van der Waals surface area (Å²) in [5, 5.41) is 0. The molecule has 0 saturated heterocycles. The van der Waals surface area contributed by atoms with Crippen LogP contribution >= 0.6 is 11.6 Å². The minimum Gasteiger partial charge on any atom is -0.382 e. The van der Waals surface area contributed by atoms with Crippen LogP contribution in [-0.4, -0.2) is 41.5 Å². The van der Waals surface area contributed by atoms with E-state index in [2.05, 4.69) is 9.97 Å². The van der Waals surface area contributed by atoms with E-state index in [1.165, 1.54) is 0 Å².